The van der Waals surface area contributed by atoms with Gasteiger partial charge < -0.3 is 10.2 Å². The third-order valence-electron chi connectivity index (χ3n) is 4.18. The Balaban J connectivity index is 0.00000133. The van der Waals surface area contributed by atoms with Crippen molar-refractivity contribution in [3.05, 3.63) is 17.0 Å². The first-order valence-corrected chi connectivity index (χ1v) is 6.71. The summed E-state index contributed by atoms with van der Waals surface area (Å²) in [5.74, 6) is 0.509. The molecule has 1 amide bonds. The molecule has 0 saturated carbocycles. The molecule has 2 fully saturated rings. The summed E-state index contributed by atoms with van der Waals surface area (Å²) in [6.07, 6.45) is 2.16. The van der Waals surface area contributed by atoms with Gasteiger partial charge in [0.2, 0.25) is 5.91 Å². The first-order valence-electron chi connectivity index (χ1n) is 6.71. The molecule has 2 N–H and O–H groups in total. The molecule has 3 heterocycles. The zero-order chi connectivity index (χ0) is 12.7. The molecule has 0 bridgehead atoms. The Morgan fingerprint density at radius 1 is 1.37 bits per heavy atom. The van der Waals surface area contributed by atoms with Crippen LogP contribution in [0.5, 0.6) is 0 Å². The maximum Gasteiger partial charge on any atom is 0.228 e. The van der Waals surface area contributed by atoms with Crippen molar-refractivity contribution in [2.45, 2.75) is 32.7 Å². The van der Waals surface area contributed by atoms with Gasteiger partial charge >= 0.3 is 0 Å². The van der Waals surface area contributed by atoms with E-state index in [1.54, 1.807) is 0 Å². The van der Waals surface area contributed by atoms with Gasteiger partial charge in [0, 0.05) is 30.9 Å². The van der Waals surface area contributed by atoms with E-state index in [0.29, 0.717) is 5.91 Å². The fraction of sp³-hybridized carbons (Fsp3) is 0.692. The van der Waals surface area contributed by atoms with Crippen LogP contribution >= 0.6 is 12.4 Å². The molecule has 0 radical (unpaired) electrons. The van der Waals surface area contributed by atoms with Crippen LogP contribution in [0.2, 0.25) is 0 Å². The standard InChI is InChI=1S/C13H20N4O.ClH/c1-8-12(9(2)16-15-8)11-4-3-5-17(11)13(18)10-6-14-7-10;/h10-11,14H,3-7H2,1-2H3,(H,15,16);1H. The van der Waals surface area contributed by atoms with Gasteiger partial charge in [-0.2, -0.15) is 5.10 Å². The van der Waals surface area contributed by atoms with Crippen LogP contribution in [0.4, 0.5) is 0 Å². The molecule has 3 rings (SSSR count). The summed E-state index contributed by atoms with van der Waals surface area (Å²) < 4.78 is 0. The lowest BCUT2D eigenvalue weighted by Gasteiger charge is -2.33. The van der Waals surface area contributed by atoms with Crippen LogP contribution in [0.15, 0.2) is 0 Å². The number of hydrogen-bond acceptors (Lipinski definition) is 3. The van der Waals surface area contributed by atoms with Gasteiger partial charge in [0.1, 0.15) is 0 Å². The van der Waals surface area contributed by atoms with Crippen LogP contribution in [0, 0.1) is 19.8 Å². The number of amides is 1. The lowest BCUT2D eigenvalue weighted by molar-refractivity contribution is -0.138. The van der Waals surface area contributed by atoms with Gasteiger partial charge in [0.05, 0.1) is 17.7 Å². The van der Waals surface area contributed by atoms with Crippen LogP contribution in [0.1, 0.15) is 35.8 Å². The Bertz CT molecular complexity index is 450. The Morgan fingerprint density at radius 3 is 2.63 bits per heavy atom. The van der Waals surface area contributed by atoms with E-state index in [9.17, 15) is 4.79 Å². The fourth-order valence-electron chi connectivity index (χ4n) is 3.08. The molecule has 5 nitrogen and oxygen atoms in total. The average Bonchev–Trinajstić information content (AvgIpc) is 2.83. The van der Waals surface area contributed by atoms with Crippen molar-refractivity contribution in [1.29, 1.82) is 0 Å². The van der Waals surface area contributed by atoms with E-state index in [1.807, 2.05) is 13.8 Å². The van der Waals surface area contributed by atoms with Gasteiger partial charge in [-0.15, -0.1) is 12.4 Å². The molecule has 0 spiro atoms. The summed E-state index contributed by atoms with van der Waals surface area (Å²) in [6.45, 7) is 6.63. The topological polar surface area (TPSA) is 61.0 Å². The predicted octanol–water partition coefficient (Wildman–Crippen LogP) is 1.33. The van der Waals surface area contributed by atoms with E-state index in [4.69, 9.17) is 0 Å². The highest BCUT2D eigenvalue weighted by Crippen LogP contribution is 2.35. The van der Waals surface area contributed by atoms with E-state index in [-0.39, 0.29) is 24.4 Å². The third kappa shape index (κ3) is 2.37. The van der Waals surface area contributed by atoms with Crippen LogP contribution in [-0.2, 0) is 4.79 Å². The largest absolute Gasteiger partial charge is 0.335 e. The van der Waals surface area contributed by atoms with E-state index >= 15 is 0 Å². The van der Waals surface area contributed by atoms with E-state index in [2.05, 4.69) is 20.4 Å². The average molecular weight is 285 g/mol. The lowest BCUT2D eigenvalue weighted by Crippen LogP contribution is -2.51. The Hall–Kier alpha value is -1.07. The smallest absolute Gasteiger partial charge is 0.228 e. The number of carbonyl (C=O) groups is 1. The first-order chi connectivity index (χ1) is 8.68. The van der Waals surface area contributed by atoms with Crippen molar-refractivity contribution in [2.24, 2.45) is 5.92 Å². The second-order valence-corrected chi connectivity index (χ2v) is 5.39. The number of nitrogens with one attached hydrogen (secondary N) is 2. The molecule has 2 aliphatic heterocycles. The van der Waals surface area contributed by atoms with Crippen molar-refractivity contribution in [3.8, 4) is 0 Å². The second-order valence-electron chi connectivity index (χ2n) is 5.39. The number of likely N-dealkylation sites (tertiary alicyclic amines) is 1. The monoisotopic (exact) mass is 284 g/mol. The van der Waals surface area contributed by atoms with Gasteiger partial charge in [-0.1, -0.05) is 0 Å². The van der Waals surface area contributed by atoms with Crippen LogP contribution < -0.4 is 5.32 Å². The van der Waals surface area contributed by atoms with Gasteiger partial charge in [-0.25, -0.2) is 0 Å². The molecule has 1 aromatic rings. The van der Waals surface area contributed by atoms with Gasteiger partial charge in [-0.3, -0.25) is 9.89 Å². The molecule has 19 heavy (non-hydrogen) atoms. The fourth-order valence-corrected chi connectivity index (χ4v) is 3.08. The highest BCUT2D eigenvalue weighted by molar-refractivity contribution is 5.85. The van der Waals surface area contributed by atoms with Gasteiger partial charge in [-0.05, 0) is 26.7 Å². The minimum absolute atomic E-state index is 0. The molecule has 0 aliphatic carbocycles. The van der Waals surface area contributed by atoms with E-state index in [0.717, 1.165) is 43.9 Å². The van der Waals surface area contributed by atoms with Crippen molar-refractivity contribution in [2.75, 3.05) is 19.6 Å². The van der Waals surface area contributed by atoms with Crippen LogP contribution in [0.3, 0.4) is 0 Å². The lowest BCUT2D eigenvalue weighted by atomic mass is 9.98. The summed E-state index contributed by atoms with van der Waals surface area (Å²) in [5, 5.41) is 10.5. The highest BCUT2D eigenvalue weighted by atomic mass is 35.5. The molecular formula is C13H21ClN4O. The third-order valence-corrected chi connectivity index (χ3v) is 4.18. The molecule has 1 atom stereocenters. The number of H-pyrrole nitrogens is 1. The predicted molar refractivity (Wildman–Crippen MR) is 75.4 cm³/mol. The quantitative estimate of drug-likeness (QED) is 0.861. The molecule has 6 heteroatoms. The molecular weight excluding hydrogens is 264 g/mol. The van der Waals surface area contributed by atoms with E-state index in [1.165, 1.54) is 5.56 Å². The number of halogens is 1. The Labute approximate surface area is 119 Å². The number of rotatable bonds is 2. The number of carbonyl (C=O) groups excluding carboxylic acids is 1. The molecule has 2 aliphatic rings. The summed E-state index contributed by atoms with van der Waals surface area (Å²) in [4.78, 5) is 14.5. The van der Waals surface area contributed by atoms with E-state index < -0.39 is 0 Å². The molecule has 106 valence electrons. The number of nitrogens with zero attached hydrogens (tertiary/aromatic N) is 2. The number of aromatic amines is 1. The van der Waals surface area contributed by atoms with Crippen molar-refractivity contribution < 1.29 is 4.79 Å². The maximum absolute atomic E-state index is 12.4. The summed E-state index contributed by atoms with van der Waals surface area (Å²) in [5.41, 5.74) is 3.36. The SMILES string of the molecule is Cc1n[nH]c(C)c1C1CCCN1C(=O)C1CNC1.Cl. The number of hydrogen-bond donors (Lipinski definition) is 2. The number of aromatic nitrogens is 2. The molecule has 1 unspecified atom stereocenters. The van der Waals surface area contributed by atoms with Crippen LogP contribution in [0.25, 0.3) is 0 Å². The maximum atomic E-state index is 12.4. The number of aryl methyl sites for hydroxylation is 2. The summed E-state index contributed by atoms with van der Waals surface area (Å²) in [7, 11) is 0. The zero-order valence-electron chi connectivity index (χ0n) is 11.4. The molecule has 0 aromatic carbocycles. The first kappa shape index (κ1) is 14.3. The van der Waals surface area contributed by atoms with Crippen molar-refractivity contribution in [3.63, 3.8) is 0 Å². The van der Waals surface area contributed by atoms with Crippen LogP contribution in [-0.4, -0.2) is 40.6 Å². The normalized spacial score (nSPS) is 23.1. The minimum atomic E-state index is 0. The minimum Gasteiger partial charge on any atom is -0.335 e. The molecule has 2 saturated heterocycles. The summed E-state index contributed by atoms with van der Waals surface area (Å²) >= 11 is 0. The Kier molecular flexibility index (Phi) is 4.16. The highest BCUT2D eigenvalue weighted by Gasteiger charge is 2.37. The van der Waals surface area contributed by atoms with Crippen molar-refractivity contribution in [1.82, 2.24) is 20.4 Å². The van der Waals surface area contributed by atoms with Crippen molar-refractivity contribution >= 4 is 18.3 Å². The van der Waals surface area contributed by atoms with Gasteiger partial charge in [0.15, 0.2) is 0 Å². The summed E-state index contributed by atoms with van der Waals surface area (Å²) in [6, 6.07) is 0.233. The zero-order valence-corrected chi connectivity index (χ0v) is 12.2. The molecule has 1 aromatic heterocycles. The Morgan fingerprint density at radius 2 is 2.11 bits per heavy atom. The van der Waals surface area contributed by atoms with Gasteiger partial charge in [0.25, 0.3) is 0 Å². The second kappa shape index (κ2) is 5.51.